The largest absolute Gasteiger partial charge is 0.294 e. The lowest BCUT2D eigenvalue weighted by Gasteiger charge is -2.10. The first-order valence-corrected chi connectivity index (χ1v) is 9.81. The van der Waals surface area contributed by atoms with E-state index in [0.29, 0.717) is 17.7 Å². The highest BCUT2D eigenvalue weighted by atomic mass is 32.2. The van der Waals surface area contributed by atoms with Crippen LogP contribution < -0.4 is 0 Å². The summed E-state index contributed by atoms with van der Waals surface area (Å²) < 4.78 is 23.2. The van der Waals surface area contributed by atoms with E-state index < -0.39 is 9.84 Å². The molecule has 0 fully saturated rings. The molecule has 3 rings (SSSR count). The zero-order valence-corrected chi connectivity index (χ0v) is 14.9. The number of carbonyl (C=O) groups excluding carboxylic acids is 1. The van der Waals surface area contributed by atoms with Gasteiger partial charge in [-0.2, -0.15) is 0 Å². The molecule has 2 aromatic carbocycles. The third kappa shape index (κ3) is 3.06. The molecule has 0 aliphatic heterocycles. The van der Waals surface area contributed by atoms with Crippen molar-refractivity contribution < 1.29 is 13.2 Å². The minimum absolute atomic E-state index is 0.153. The molecule has 3 nitrogen and oxygen atoms in total. The molecule has 1 aliphatic rings. The van der Waals surface area contributed by atoms with Gasteiger partial charge in [-0.25, -0.2) is 8.42 Å². The van der Waals surface area contributed by atoms with Crippen molar-refractivity contribution in [1.82, 2.24) is 0 Å². The molecule has 0 bridgehead atoms. The van der Waals surface area contributed by atoms with Gasteiger partial charge in [0.05, 0.1) is 4.90 Å². The van der Waals surface area contributed by atoms with Gasteiger partial charge in [0.25, 0.3) is 0 Å². The van der Waals surface area contributed by atoms with Gasteiger partial charge in [-0.15, -0.1) is 0 Å². The van der Waals surface area contributed by atoms with Gasteiger partial charge in [0.2, 0.25) is 0 Å². The summed E-state index contributed by atoms with van der Waals surface area (Å²) in [4.78, 5) is 12.7. The Kier molecular flexibility index (Phi) is 4.18. The molecule has 2 aromatic rings. The summed E-state index contributed by atoms with van der Waals surface area (Å²) in [5.41, 5.74) is 5.99. The first-order valence-electron chi connectivity index (χ1n) is 7.92. The van der Waals surface area contributed by atoms with Crippen molar-refractivity contribution in [2.24, 2.45) is 0 Å². The van der Waals surface area contributed by atoms with Gasteiger partial charge in [-0.1, -0.05) is 30.3 Å². The number of hydrogen-bond donors (Lipinski definition) is 0. The van der Waals surface area contributed by atoms with E-state index in [-0.39, 0.29) is 5.78 Å². The molecule has 124 valence electrons. The third-order valence-corrected chi connectivity index (χ3v) is 5.74. The summed E-state index contributed by atoms with van der Waals surface area (Å²) in [5.74, 6) is 0.153. The Morgan fingerprint density at radius 2 is 1.46 bits per heavy atom. The fourth-order valence-corrected chi connectivity index (χ4v) is 3.71. The average Bonchev–Trinajstić information content (AvgIpc) is 2.91. The van der Waals surface area contributed by atoms with Gasteiger partial charge >= 0.3 is 0 Å². The van der Waals surface area contributed by atoms with Crippen molar-refractivity contribution in [3.05, 3.63) is 64.7 Å². The monoisotopic (exact) mass is 340 g/mol. The number of hydrogen-bond acceptors (Lipinski definition) is 3. The molecule has 1 aliphatic carbocycles. The second-order valence-electron chi connectivity index (χ2n) is 6.37. The van der Waals surface area contributed by atoms with Crippen molar-refractivity contribution >= 4 is 26.8 Å². The molecule has 0 aromatic heterocycles. The van der Waals surface area contributed by atoms with Gasteiger partial charge in [0.1, 0.15) is 0 Å². The average molecular weight is 340 g/mol. The molecule has 0 N–H and O–H groups in total. The molecule has 0 atom stereocenters. The number of sulfone groups is 1. The van der Waals surface area contributed by atoms with Crippen LogP contribution >= 0.6 is 0 Å². The van der Waals surface area contributed by atoms with Crippen molar-refractivity contribution in [3.8, 4) is 0 Å². The van der Waals surface area contributed by atoms with Crippen LogP contribution in [0.2, 0.25) is 0 Å². The van der Waals surface area contributed by atoms with Gasteiger partial charge in [0, 0.05) is 18.2 Å². The lowest BCUT2D eigenvalue weighted by Crippen LogP contribution is -1.98. The summed E-state index contributed by atoms with van der Waals surface area (Å²) in [6, 6.07) is 12.9. The molecular weight excluding hydrogens is 320 g/mol. The number of Topliss-reactive ketones (excluding diaryl/α,β-unsaturated/α-hetero) is 1. The second-order valence-corrected chi connectivity index (χ2v) is 8.39. The Morgan fingerprint density at radius 1 is 0.833 bits per heavy atom. The van der Waals surface area contributed by atoms with Crippen LogP contribution in [-0.4, -0.2) is 20.5 Å². The van der Waals surface area contributed by atoms with E-state index in [0.717, 1.165) is 27.8 Å². The molecule has 0 heterocycles. The standard InChI is InChI=1S/C20H20O3S/c1-13-4-5-16(12-14(13)2)20-18(10-11-19(20)21)15-6-8-17(9-7-15)24(3,22)23/h4-9,12H,10-11H2,1-3H3. The molecule has 24 heavy (non-hydrogen) atoms. The number of allylic oxidation sites excluding steroid dienone is 2. The molecule has 0 unspecified atom stereocenters. The van der Waals surface area contributed by atoms with E-state index in [4.69, 9.17) is 0 Å². The molecular formula is C20H20O3S. The minimum atomic E-state index is -3.21. The topological polar surface area (TPSA) is 51.2 Å². The fraction of sp³-hybridized carbons (Fsp3) is 0.250. The minimum Gasteiger partial charge on any atom is -0.294 e. The first kappa shape index (κ1) is 16.7. The van der Waals surface area contributed by atoms with Gasteiger partial charge in [-0.3, -0.25) is 4.79 Å². The van der Waals surface area contributed by atoms with Crippen molar-refractivity contribution in [1.29, 1.82) is 0 Å². The Hall–Kier alpha value is -2.20. The maximum Gasteiger partial charge on any atom is 0.175 e. The zero-order chi connectivity index (χ0) is 17.5. The lowest BCUT2D eigenvalue weighted by atomic mass is 9.94. The quantitative estimate of drug-likeness (QED) is 0.849. The Morgan fingerprint density at radius 3 is 2.04 bits per heavy atom. The SMILES string of the molecule is Cc1ccc(C2=C(c3ccc(S(C)(=O)=O)cc3)CCC2=O)cc1C. The van der Waals surface area contributed by atoms with E-state index >= 15 is 0 Å². The lowest BCUT2D eigenvalue weighted by molar-refractivity contribution is -0.113. The summed E-state index contributed by atoms with van der Waals surface area (Å²) in [7, 11) is -3.21. The number of aryl methyl sites for hydroxylation is 2. The number of benzene rings is 2. The normalized spacial score (nSPS) is 15.2. The van der Waals surface area contributed by atoms with Crippen LogP contribution in [0, 0.1) is 13.8 Å². The molecule has 0 amide bonds. The van der Waals surface area contributed by atoms with E-state index in [2.05, 4.69) is 13.0 Å². The summed E-state index contributed by atoms with van der Waals surface area (Å²) >= 11 is 0. The van der Waals surface area contributed by atoms with Crippen LogP contribution in [0.15, 0.2) is 47.4 Å². The van der Waals surface area contributed by atoms with Gasteiger partial charge < -0.3 is 0 Å². The Bertz CT molecular complexity index is 949. The first-order chi connectivity index (χ1) is 11.3. The summed E-state index contributed by atoms with van der Waals surface area (Å²) in [5, 5.41) is 0. The Labute approximate surface area is 142 Å². The molecule has 0 spiro atoms. The highest BCUT2D eigenvalue weighted by Crippen LogP contribution is 2.38. The van der Waals surface area contributed by atoms with Crippen LogP contribution in [0.25, 0.3) is 11.1 Å². The van der Waals surface area contributed by atoms with Crippen LogP contribution in [0.5, 0.6) is 0 Å². The van der Waals surface area contributed by atoms with E-state index in [1.165, 1.54) is 11.8 Å². The van der Waals surface area contributed by atoms with E-state index in [1.807, 2.05) is 19.1 Å². The summed E-state index contributed by atoms with van der Waals surface area (Å²) in [6.45, 7) is 4.09. The van der Waals surface area contributed by atoms with E-state index in [9.17, 15) is 13.2 Å². The molecule has 0 saturated heterocycles. The zero-order valence-electron chi connectivity index (χ0n) is 14.1. The van der Waals surface area contributed by atoms with Gasteiger partial charge in [-0.05, 0) is 60.2 Å². The maximum absolute atomic E-state index is 12.4. The second kappa shape index (κ2) is 6.02. The summed E-state index contributed by atoms with van der Waals surface area (Å²) in [6.07, 6.45) is 2.39. The molecule has 0 radical (unpaired) electrons. The van der Waals surface area contributed by atoms with Crippen molar-refractivity contribution in [2.75, 3.05) is 6.26 Å². The van der Waals surface area contributed by atoms with Crippen molar-refractivity contribution in [3.63, 3.8) is 0 Å². The highest BCUT2D eigenvalue weighted by Gasteiger charge is 2.25. The number of rotatable bonds is 3. The maximum atomic E-state index is 12.4. The van der Waals surface area contributed by atoms with Crippen LogP contribution in [0.4, 0.5) is 0 Å². The predicted octanol–water partition coefficient (Wildman–Crippen LogP) is 3.98. The van der Waals surface area contributed by atoms with Gasteiger partial charge in [0.15, 0.2) is 15.6 Å². The Balaban J connectivity index is 2.11. The van der Waals surface area contributed by atoms with Crippen molar-refractivity contribution in [2.45, 2.75) is 31.6 Å². The van der Waals surface area contributed by atoms with Crippen LogP contribution in [-0.2, 0) is 14.6 Å². The predicted molar refractivity (Wildman–Crippen MR) is 96.5 cm³/mol. The smallest absolute Gasteiger partial charge is 0.175 e. The van der Waals surface area contributed by atoms with Crippen LogP contribution in [0.1, 0.15) is 35.1 Å². The van der Waals surface area contributed by atoms with Crippen LogP contribution in [0.3, 0.4) is 0 Å². The third-order valence-electron chi connectivity index (χ3n) is 4.61. The molecule has 0 saturated carbocycles. The fourth-order valence-electron chi connectivity index (χ4n) is 3.08. The van der Waals surface area contributed by atoms with E-state index in [1.54, 1.807) is 24.3 Å². The number of carbonyl (C=O) groups is 1. The highest BCUT2D eigenvalue weighted by molar-refractivity contribution is 7.90. The molecule has 4 heteroatoms. The number of ketones is 1.